The number of aryl methyl sites for hydroxylation is 2. The van der Waals surface area contributed by atoms with Crippen molar-refractivity contribution in [2.24, 2.45) is 0 Å². The topological polar surface area (TPSA) is 55.2 Å². The lowest BCUT2D eigenvalue weighted by Crippen LogP contribution is -2.18. The summed E-state index contributed by atoms with van der Waals surface area (Å²) in [6.45, 7) is 4.92. The van der Waals surface area contributed by atoms with Crippen molar-refractivity contribution in [1.29, 1.82) is 0 Å². The van der Waals surface area contributed by atoms with E-state index in [9.17, 15) is 5.11 Å². The summed E-state index contributed by atoms with van der Waals surface area (Å²) in [5.41, 5.74) is 2.25. The van der Waals surface area contributed by atoms with Gasteiger partial charge in [0, 0.05) is 21.0 Å². The Labute approximate surface area is 160 Å². The van der Waals surface area contributed by atoms with Crippen LogP contribution in [-0.2, 0) is 11.3 Å². The number of fused-ring (bicyclic) bond motifs is 1. The van der Waals surface area contributed by atoms with E-state index in [1.165, 1.54) is 10.4 Å². The van der Waals surface area contributed by atoms with Crippen LogP contribution in [0.15, 0.2) is 35.6 Å². The SMILES string of the molecule is Cc1sc2ncnc(SC[C@H](O)COCc3ccc(Cl)cc3)c2c1C. The quantitative estimate of drug-likeness (QED) is 0.467. The summed E-state index contributed by atoms with van der Waals surface area (Å²) in [6.07, 6.45) is 1.03. The molecule has 2 aromatic heterocycles. The fourth-order valence-electron chi connectivity index (χ4n) is 2.38. The average Bonchev–Trinajstić information content (AvgIpc) is 2.90. The van der Waals surface area contributed by atoms with E-state index in [0.717, 1.165) is 20.8 Å². The molecule has 1 N–H and O–H groups in total. The van der Waals surface area contributed by atoms with Gasteiger partial charge in [0.2, 0.25) is 0 Å². The van der Waals surface area contributed by atoms with E-state index in [0.29, 0.717) is 17.4 Å². The molecule has 0 radical (unpaired) electrons. The molecule has 0 fully saturated rings. The number of aromatic nitrogens is 2. The molecule has 0 aliphatic heterocycles. The van der Waals surface area contributed by atoms with Crippen molar-refractivity contribution in [2.45, 2.75) is 31.6 Å². The van der Waals surface area contributed by atoms with E-state index in [-0.39, 0.29) is 6.61 Å². The summed E-state index contributed by atoms with van der Waals surface area (Å²) in [4.78, 5) is 11.0. The molecule has 7 heteroatoms. The van der Waals surface area contributed by atoms with E-state index in [1.54, 1.807) is 29.4 Å². The van der Waals surface area contributed by atoms with E-state index in [4.69, 9.17) is 16.3 Å². The Balaban J connectivity index is 1.52. The van der Waals surface area contributed by atoms with Gasteiger partial charge in [-0.25, -0.2) is 9.97 Å². The van der Waals surface area contributed by atoms with Crippen LogP contribution in [0.2, 0.25) is 5.02 Å². The molecular weight excluding hydrogens is 376 g/mol. The Morgan fingerprint density at radius 3 is 2.76 bits per heavy atom. The Kier molecular flexibility index (Phi) is 6.30. The molecule has 0 aliphatic carbocycles. The van der Waals surface area contributed by atoms with Crippen LogP contribution in [0.5, 0.6) is 0 Å². The lowest BCUT2D eigenvalue weighted by molar-refractivity contribution is 0.0398. The molecule has 4 nitrogen and oxygen atoms in total. The van der Waals surface area contributed by atoms with Crippen LogP contribution in [0.3, 0.4) is 0 Å². The normalized spacial score (nSPS) is 12.6. The maximum Gasteiger partial charge on any atom is 0.128 e. The molecule has 0 amide bonds. The molecule has 0 saturated carbocycles. The number of thiophene rings is 1. The number of nitrogens with zero attached hydrogens (tertiary/aromatic N) is 2. The summed E-state index contributed by atoms with van der Waals surface area (Å²) in [6, 6.07) is 7.50. The lowest BCUT2D eigenvalue weighted by Gasteiger charge is -2.11. The number of rotatable bonds is 7. The van der Waals surface area contributed by atoms with Gasteiger partial charge in [0.1, 0.15) is 16.2 Å². The van der Waals surface area contributed by atoms with Gasteiger partial charge in [-0.05, 0) is 37.1 Å². The minimum atomic E-state index is -0.553. The number of aliphatic hydroxyl groups is 1. The van der Waals surface area contributed by atoms with Gasteiger partial charge >= 0.3 is 0 Å². The van der Waals surface area contributed by atoms with Gasteiger partial charge < -0.3 is 9.84 Å². The van der Waals surface area contributed by atoms with Crippen LogP contribution >= 0.6 is 34.7 Å². The summed E-state index contributed by atoms with van der Waals surface area (Å²) < 4.78 is 5.59. The van der Waals surface area contributed by atoms with E-state index >= 15 is 0 Å². The zero-order chi connectivity index (χ0) is 17.8. The zero-order valence-corrected chi connectivity index (χ0v) is 16.4. The van der Waals surface area contributed by atoms with Crippen molar-refractivity contribution in [3.05, 3.63) is 51.6 Å². The molecule has 3 aromatic rings. The molecule has 25 heavy (non-hydrogen) atoms. The standard InChI is InChI=1S/C18H19ClN2O2S2/c1-11-12(2)25-18-16(11)17(20-10-21-18)24-9-15(22)8-23-7-13-3-5-14(19)6-4-13/h3-6,10,15,22H,7-9H2,1-2H3/t15-/m1/s1. The molecule has 0 unspecified atom stereocenters. The van der Waals surface area contributed by atoms with Crippen molar-refractivity contribution >= 4 is 44.9 Å². The first-order valence-corrected chi connectivity index (χ1v) is 10.1. The number of hydrogen-bond donors (Lipinski definition) is 1. The fourth-order valence-corrected chi connectivity index (χ4v) is 4.53. The van der Waals surface area contributed by atoms with Crippen molar-refractivity contribution in [1.82, 2.24) is 9.97 Å². The molecule has 0 saturated heterocycles. The summed E-state index contributed by atoms with van der Waals surface area (Å²) in [5, 5.41) is 12.9. The van der Waals surface area contributed by atoms with Crippen molar-refractivity contribution in [3.63, 3.8) is 0 Å². The van der Waals surface area contributed by atoms with Crippen LogP contribution in [0.4, 0.5) is 0 Å². The maximum absolute atomic E-state index is 10.2. The van der Waals surface area contributed by atoms with Crippen LogP contribution in [0.25, 0.3) is 10.2 Å². The summed E-state index contributed by atoms with van der Waals surface area (Å²) in [5.74, 6) is 0.529. The van der Waals surface area contributed by atoms with Gasteiger partial charge in [-0.2, -0.15) is 0 Å². The van der Waals surface area contributed by atoms with Crippen LogP contribution < -0.4 is 0 Å². The fraction of sp³-hybridized carbons (Fsp3) is 0.333. The van der Waals surface area contributed by atoms with E-state index in [1.807, 2.05) is 24.3 Å². The molecule has 1 aromatic carbocycles. The zero-order valence-electron chi connectivity index (χ0n) is 14.0. The van der Waals surface area contributed by atoms with Gasteiger partial charge in [-0.3, -0.25) is 0 Å². The molecule has 0 bridgehead atoms. The number of aliphatic hydroxyl groups excluding tert-OH is 1. The third kappa shape index (κ3) is 4.71. The largest absolute Gasteiger partial charge is 0.390 e. The van der Waals surface area contributed by atoms with Crippen LogP contribution in [0, 0.1) is 13.8 Å². The summed E-state index contributed by atoms with van der Waals surface area (Å²) in [7, 11) is 0. The molecule has 0 aliphatic rings. The smallest absolute Gasteiger partial charge is 0.128 e. The lowest BCUT2D eigenvalue weighted by atomic mass is 10.2. The first-order chi connectivity index (χ1) is 12.0. The van der Waals surface area contributed by atoms with Crippen LogP contribution in [0.1, 0.15) is 16.0 Å². The van der Waals surface area contributed by atoms with Crippen molar-refractivity contribution in [3.8, 4) is 0 Å². The van der Waals surface area contributed by atoms with Gasteiger partial charge in [-0.15, -0.1) is 23.1 Å². The second kappa shape index (κ2) is 8.47. The molecule has 1 atom stereocenters. The second-order valence-electron chi connectivity index (χ2n) is 5.75. The number of ether oxygens (including phenoxy) is 1. The Bertz CT molecular complexity index is 852. The Hall–Kier alpha value is -1.18. The highest BCUT2D eigenvalue weighted by atomic mass is 35.5. The molecule has 132 valence electrons. The molecule has 0 spiro atoms. The first kappa shape index (κ1) is 18.6. The Morgan fingerprint density at radius 2 is 2.00 bits per heavy atom. The Morgan fingerprint density at radius 1 is 1.24 bits per heavy atom. The highest BCUT2D eigenvalue weighted by Crippen LogP contribution is 2.34. The predicted octanol–water partition coefficient (Wildman–Crippen LogP) is 4.63. The van der Waals surface area contributed by atoms with Crippen molar-refractivity contribution in [2.75, 3.05) is 12.4 Å². The van der Waals surface area contributed by atoms with E-state index < -0.39 is 6.10 Å². The summed E-state index contributed by atoms with van der Waals surface area (Å²) >= 11 is 9.08. The second-order valence-corrected chi connectivity index (χ2v) is 8.40. The highest BCUT2D eigenvalue weighted by molar-refractivity contribution is 7.99. The number of hydrogen-bond acceptors (Lipinski definition) is 6. The minimum Gasteiger partial charge on any atom is -0.390 e. The van der Waals surface area contributed by atoms with Gasteiger partial charge in [-0.1, -0.05) is 23.7 Å². The van der Waals surface area contributed by atoms with Crippen LogP contribution in [-0.4, -0.2) is 33.5 Å². The maximum atomic E-state index is 10.2. The average molecular weight is 395 g/mol. The third-order valence-corrected chi connectivity index (χ3v) is 6.34. The predicted molar refractivity (Wildman–Crippen MR) is 105 cm³/mol. The molecule has 3 rings (SSSR count). The van der Waals surface area contributed by atoms with Crippen molar-refractivity contribution < 1.29 is 9.84 Å². The van der Waals surface area contributed by atoms with Gasteiger partial charge in [0.25, 0.3) is 0 Å². The first-order valence-electron chi connectivity index (χ1n) is 7.88. The molecule has 2 heterocycles. The number of halogens is 1. The van der Waals surface area contributed by atoms with Gasteiger partial charge in [0.05, 0.1) is 19.3 Å². The highest BCUT2D eigenvalue weighted by Gasteiger charge is 2.14. The third-order valence-electron chi connectivity index (χ3n) is 3.84. The van der Waals surface area contributed by atoms with Gasteiger partial charge in [0.15, 0.2) is 0 Å². The monoisotopic (exact) mass is 394 g/mol. The van der Waals surface area contributed by atoms with E-state index in [2.05, 4.69) is 23.8 Å². The minimum absolute atomic E-state index is 0.283. The molecular formula is C18H19ClN2O2S2. The number of thioether (sulfide) groups is 1. The number of benzene rings is 1.